The largest absolute Gasteiger partial charge is 0.467 e. The minimum Gasteiger partial charge on any atom is -0.467 e. The summed E-state index contributed by atoms with van der Waals surface area (Å²) in [5.74, 6) is -1.30. The predicted molar refractivity (Wildman–Crippen MR) is 73.6 cm³/mol. The average Bonchev–Trinajstić information content (AvgIpc) is 2.87. The number of esters is 1. The van der Waals surface area contributed by atoms with E-state index in [9.17, 15) is 19.1 Å². The van der Waals surface area contributed by atoms with Gasteiger partial charge < -0.3 is 14.7 Å². The van der Waals surface area contributed by atoms with Gasteiger partial charge in [0.05, 0.1) is 13.2 Å². The summed E-state index contributed by atoms with van der Waals surface area (Å²) < 4.78 is 17.4. The molecule has 5 nitrogen and oxygen atoms in total. The van der Waals surface area contributed by atoms with Crippen molar-refractivity contribution in [2.75, 3.05) is 13.7 Å². The van der Waals surface area contributed by atoms with Gasteiger partial charge in [-0.1, -0.05) is 12.1 Å². The lowest BCUT2D eigenvalue weighted by atomic mass is 10.2. The molecule has 1 aromatic carbocycles. The summed E-state index contributed by atoms with van der Waals surface area (Å²) in [6.07, 6.45) is 2.25. The molecule has 1 aliphatic rings. The van der Waals surface area contributed by atoms with Gasteiger partial charge in [-0.05, 0) is 23.8 Å². The number of ether oxygens (including phenoxy) is 1. The third-order valence-corrected chi connectivity index (χ3v) is 3.32. The van der Waals surface area contributed by atoms with Gasteiger partial charge in [-0.3, -0.25) is 4.79 Å². The first-order valence-electron chi connectivity index (χ1n) is 6.51. The van der Waals surface area contributed by atoms with E-state index in [0.29, 0.717) is 5.56 Å². The summed E-state index contributed by atoms with van der Waals surface area (Å²) >= 11 is 0. The van der Waals surface area contributed by atoms with Gasteiger partial charge in [0.1, 0.15) is 11.9 Å². The van der Waals surface area contributed by atoms with Crippen molar-refractivity contribution in [1.82, 2.24) is 4.90 Å². The monoisotopic (exact) mass is 293 g/mol. The van der Waals surface area contributed by atoms with Gasteiger partial charge in [0.25, 0.3) is 0 Å². The number of β-amino-alcohol motifs (C(OH)–C–C–N with tert-alkyl or cyclic N) is 1. The molecule has 2 atom stereocenters. The SMILES string of the molecule is COC(=O)C1CC(O)CN1C(=O)/C=C/c1ccc(F)cc1. The number of rotatable bonds is 3. The molecule has 6 heteroatoms. The number of hydrogen-bond donors (Lipinski definition) is 1. The summed E-state index contributed by atoms with van der Waals surface area (Å²) in [5.41, 5.74) is 0.666. The number of amides is 1. The Bertz CT molecular complexity index is 555. The Hall–Kier alpha value is -2.21. The minimum absolute atomic E-state index is 0.0896. The highest BCUT2D eigenvalue weighted by molar-refractivity contribution is 5.95. The second kappa shape index (κ2) is 6.49. The van der Waals surface area contributed by atoms with Gasteiger partial charge in [0.2, 0.25) is 5.91 Å². The summed E-state index contributed by atoms with van der Waals surface area (Å²) in [4.78, 5) is 25.0. The van der Waals surface area contributed by atoms with Gasteiger partial charge in [-0.2, -0.15) is 0 Å². The number of carbonyl (C=O) groups is 2. The molecule has 1 aromatic rings. The molecule has 112 valence electrons. The molecule has 0 radical (unpaired) electrons. The highest BCUT2D eigenvalue weighted by Crippen LogP contribution is 2.19. The van der Waals surface area contributed by atoms with Crippen LogP contribution in [0.3, 0.4) is 0 Å². The summed E-state index contributed by atoms with van der Waals surface area (Å²) in [5, 5.41) is 9.61. The number of carbonyl (C=O) groups excluding carboxylic acids is 2. The van der Waals surface area contributed by atoms with Crippen LogP contribution < -0.4 is 0 Å². The molecular weight excluding hydrogens is 277 g/mol. The zero-order valence-electron chi connectivity index (χ0n) is 11.5. The number of methoxy groups -OCH3 is 1. The minimum atomic E-state index is -0.768. The third-order valence-electron chi connectivity index (χ3n) is 3.32. The second-order valence-electron chi connectivity index (χ2n) is 4.80. The highest BCUT2D eigenvalue weighted by atomic mass is 19.1. The summed E-state index contributed by atoms with van der Waals surface area (Å²) in [6, 6.07) is 4.89. The molecule has 1 saturated heterocycles. The van der Waals surface area contributed by atoms with Crippen molar-refractivity contribution in [3.05, 3.63) is 41.7 Å². The molecule has 2 rings (SSSR count). The summed E-state index contributed by atoms with van der Waals surface area (Å²) in [6.45, 7) is 0.0896. The first kappa shape index (κ1) is 15.2. The van der Waals surface area contributed by atoms with E-state index in [1.807, 2.05) is 0 Å². The van der Waals surface area contributed by atoms with Crippen LogP contribution in [0.4, 0.5) is 4.39 Å². The van der Waals surface area contributed by atoms with E-state index in [-0.39, 0.29) is 18.8 Å². The van der Waals surface area contributed by atoms with Crippen molar-refractivity contribution in [2.45, 2.75) is 18.6 Å². The molecule has 0 aliphatic carbocycles. The van der Waals surface area contributed by atoms with Gasteiger partial charge in [-0.25, -0.2) is 9.18 Å². The van der Waals surface area contributed by atoms with E-state index in [0.717, 1.165) is 0 Å². The lowest BCUT2D eigenvalue weighted by molar-refractivity contribution is -0.149. The van der Waals surface area contributed by atoms with E-state index < -0.39 is 24.0 Å². The van der Waals surface area contributed by atoms with Crippen LogP contribution in [0.1, 0.15) is 12.0 Å². The Morgan fingerprint density at radius 2 is 2.05 bits per heavy atom. The van der Waals surface area contributed by atoms with Crippen LogP contribution >= 0.6 is 0 Å². The van der Waals surface area contributed by atoms with Crippen molar-refractivity contribution in [1.29, 1.82) is 0 Å². The maximum absolute atomic E-state index is 12.8. The van der Waals surface area contributed by atoms with Crippen molar-refractivity contribution in [3.63, 3.8) is 0 Å². The maximum Gasteiger partial charge on any atom is 0.328 e. The topological polar surface area (TPSA) is 66.8 Å². The normalized spacial score (nSPS) is 21.8. The van der Waals surface area contributed by atoms with Crippen molar-refractivity contribution in [2.24, 2.45) is 0 Å². The van der Waals surface area contributed by atoms with Gasteiger partial charge in [-0.15, -0.1) is 0 Å². The fourth-order valence-electron chi connectivity index (χ4n) is 2.25. The first-order valence-corrected chi connectivity index (χ1v) is 6.51. The molecule has 0 bridgehead atoms. The molecule has 1 aliphatic heterocycles. The Kier molecular flexibility index (Phi) is 4.70. The van der Waals surface area contributed by atoms with E-state index in [4.69, 9.17) is 0 Å². The molecule has 0 aromatic heterocycles. The third kappa shape index (κ3) is 3.66. The molecule has 1 amide bonds. The fraction of sp³-hybridized carbons (Fsp3) is 0.333. The fourth-order valence-corrected chi connectivity index (χ4v) is 2.25. The lowest BCUT2D eigenvalue weighted by Gasteiger charge is -2.20. The quantitative estimate of drug-likeness (QED) is 0.666. The molecular formula is C15H16FNO4. The first-order chi connectivity index (χ1) is 10.0. The second-order valence-corrected chi connectivity index (χ2v) is 4.80. The van der Waals surface area contributed by atoms with E-state index >= 15 is 0 Å². The number of halogens is 1. The zero-order chi connectivity index (χ0) is 15.4. The van der Waals surface area contributed by atoms with E-state index in [2.05, 4.69) is 4.74 Å². The van der Waals surface area contributed by atoms with Crippen LogP contribution in [0.15, 0.2) is 30.3 Å². The number of benzene rings is 1. The lowest BCUT2D eigenvalue weighted by Crippen LogP contribution is -2.40. The smallest absolute Gasteiger partial charge is 0.328 e. The number of aliphatic hydroxyl groups is 1. The summed E-state index contributed by atoms with van der Waals surface area (Å²) in [7, 11) is 1.24. The van der Waals surface area contributed by atoms with Crippen molar-refractivity contribution < 1.29 is 23.8 Å². The van der Waals surface area contributed by atoms with Crippen LogP contribution in [0, 0.1) is 5.82 Å². The number of nitrogens with zero attached hydrogens (tertiary/aromatic N) is 1. The molecule has 21 heavy (non-hydrogen) atoms. The molecule has 0 spiro atoms. The van der Waals surface area contributed by atoms with Crippen LogP contribution in [0.2, 0.25) is 0 Å². The average molecular weight is 293 g/mol. The molecule has 0 saturated carbocycles. The Morgan fingerprint density at radius 1 is 1.38 bits per heavy atom. The zero-order valence-corrected chi connectivity index (χ0v) is 11.5. The standard InChI is InChI=1S/C15H16FNO4/c1-21-15(20)13-8-12(18)9-17(13)14(19)7-4-10-2-5-11(16)6-3-10/h2-7,12-13,18H,8-9H2,1H3/b7-4+. The number of likely N-dealkylation sites (tertiary alicyclic amines) is 1. The molecule has 1 fully saturated rings. The Labute approximate surface area is 121 Å². The van der Waals surface area contributed by atoms with E-state index in [1.54, 1.807) is 0 Å². The Morgan fingerprint density at radius 3 is 2.67 bits per heavy atom. The number of aliphatic hydroxyl groups excluding tert-OH is 1. The molecule has 1 N–H and O–H groups in total. The van der Waals surface area contributed by atoms with Crippen LogP contribution in [-0.4, -0.2) is 47.7 Å². The predicted octanol–water partition coefficient (Wildman–Crippen LogP) is 0.974. The molecule has 2 unspecified atom stereocenters. The number of hydrogen-bond acceptors (Lipinski definition) is 4. The van der Waals surface area contributed by atoms with Gasteiger partial charge >= 0.3 is 5.97 Å². The highest BCUT2D eigenvalue weighted by Gasteiger charge is 2.38. The van der Waals surface area contributed by atoms with E-state index in [1.165, 1.54) is 48.4 Å². The van der Waals surface area contributed by atoms with Crippen LogP contribution in [0.5, 0.6) is 0 Å². The van der Waals surface area contributed by atoms with Crippen molar-refractivity contribution in [3.8, 4) is 0 Å². The van der Waals surface area contributed by atoms with Gasteiger partial charge in [0.15, 0.2) is 0 Å². The van der Waals surface area contributed by atoms with Crippen molar-refractivity contribution >= 4 is 18.0 Å². The van der Waals surface area contributed by atoms with Gasteiger partial charge in [0, 0.05) is 19.0 Å². The molecule has 1 heterocycles. The van der Waals surface area contributed by atoms with Crippen LogP contribution in [0.25, 0.3) is 6.08 Å². The maximum atomic E-state index is 12.8. The Balaban J connectivity index is 2.08. The van der Waals surface area contributed by atoms with Crippen LogP contribution in [-0.2, 0) is 14.3 Å².